The van der Waals surface area contributed by atoms with Crippen molar-refractivity contribution in [2.45, 2.75) is 6.04 Å². The molecule has 4 heterocycles. The van der Waals surface area contributed by atoms with E-state index in [1.807, 2.05) is 0 Å². The van der Waals surface area contributed by atoms with E-state index in [-0.39, 0.29) is 10.6 Å². The fraction of sp³-hybridized carbons (Fsp3) is 0.667. The van der Waals surface area contributed by atoms with Crippen molar-refractivity contribution in [2.75, 3.05) is 44.6 Å². The molecule has 1 aromatic heterocycles. The zero-order chi connectivity index (χ0) is 13.4. The number of anilines is 1. The Morgan fingerprint density at radius 2 is 2.16 bits per heavy atom. The highest BCUT2D eigenvalue weighted by Crippen LogP contribution is 2.18. The van der Waals surface area contributed by atoms with Crippen molar-refractivity contribution in [3.63, 3.8) is 0 Å². The van der Waals surface area contributed by atoms with Crippen molar-refractivity contribution in [1.82, 2.24) is 19.6 Å². The summed E-state index contributed by atoms with van der Waals surface area (Å²) >= 11 is 6.04. The predicted molar refractivity (Wildman–Crippen MR) is 74.8 cm³/mol. The number of nitrogens with zero attached hydrogens (tertiary/aromatic N) is 4. The second-order valence-electron chi connectivity index (χ2n) is 5.17. The first-order chi connectivity index (χ1) is 9.15. The summed E-state index contributed by atoms with van der Waals surface area (Å²) < 4.78 is 1.24. The molecule has 0 spiro atoms. The van der Waals surface area contributed by atoms with Crippen molar-refractivity contribution < 1.29 is 0 Å². The predicted octanol–water partition coefficient (Wildman–Crippen LogP) is -0.155. The zero-order valence-electron chi connectivity index (χ0n) is 11.0. The van der Waals surface area contributed by atoms with Crippen molar-refractivity contribution >= 4 is 17.3 Å². The first-order valence-corrected chi connectivity index (χ1v) is 6.95. The number of rotatable bonds is 3. The molecule has 1 aromatic rings. The summed E-state index contributed by atoms with van der Waals surface area (Å²) in [6.45, 7) is 6.49. The summed E-state index contributed by atoms with van der Waals surface area (Å²) in [4.78, 5) is 16.7. The van der Waals surface area contributed by atoms with Crippen LogP contribution in [0.3, 0.4) is 0 Å². The number of nitrogens with one attached hydrogen (secondary N) is 1. The summed E-state index contributed by atoms with van der Waals surface area (Å²) in [5.74, 6) is 0. The normalized spacial score (nSPS) is 29.5. The maximum absolute atomic E-state index is 11.7. The number of hydrogen-bond donors (Lipinski definition) is 1. The Hall–Kier alpha value is -1.11. The van der Waals surface area contributed by atoms with Gasteiger partial charge in [-0.1, -0.05) is 11.6 Å². The minimum absolute atomic E-state index is 0.216. The highest BCUT2D eigenvalue weighted by molar-refractivity contribution is 6.32. The van der Waals surface area contributed by atoms with Gasteiger partial charge in [-0.3, -0.25) is 14.6 Å². The fourth-order valence-electron chi connectivity index (χ4n) is 2.78. The molecule has 1 atom stereocenters. The van der Waals surface area contributed by atoms with Gasteiger partial charge in [0.2, 0.25) is 0 Å². The highest BCUT2D eigenvalue weighted by atomic mass is 35.5. The largest absolute Gasteiger partial charge is 0.381 e. The van der Waals surface area contributed by atoms with E-state index in [4.69, 9.17) is 11.6 Å². The van der Waals surface area contributed by atoms with Gasteiger partial charge in [0.25, 0.3) is 5.56 Å². The van der Waals surface area contributed by atoms with Gasteiger partial charge in [-0.05, 0) is 0 Å². The molecule has 0 aromatic carbocycles. The van der Waals surface area contributed by atoms with Gasteiger partial charge in [0.1, 0.15) is 5.02 Å². The van der Waals surface area contributed by atoms with E-state index in [2.05, 4.69) is 20.2 Å². The van der Waals surface area contributed by atoms with Crippen LogP contribution >= 0.6 is 11.6 Å². The van der Waals surface area contributed by atoms with E-state index < -0.39 is 0 Å². The highest BCUT2D eigenvalue weighted by Gasteiger charge is 2.31. The first kappa shape index (κ1) is 12.9. The van der Waals surface area contributed by atoms with Crippen LogP contribution in [0.4, 0.5) is 5.69 Å². The molecule has 3 aliphatic rings. The Morgan fingerprint density at radius 1 is 1.42 bits per heavy atom. The molecule has 7 heteroatoms. The van der Waals surface area contributed by atoms with Crippen LogP contribution in [0, 0.1) is 0 Å². The average Bonchev–Trinajstić information content (AvgIpc) is 2.45. The topological polar surface area (TPSA) is 53.4 Å². The standard InChI is InChI=1S/C12H18ClN5O/c1-16-12(19)11(13)10(7-15-16)14-6-9-8-17-2-4-18(9)5-3-17/h7,9,14H,2-6,8H2,1H3. The van der Waals surface area contributed by atoms with Crippen molar-refractivity contribution in [1.29, 1.82) is 0 Å². The van der Waals surface area contributed by atoms with Crippen LogP contribution < -0.4 is 10.9 Å². The quantitative estimate of drug-likeness (QED) is 0.836. The molecule has 19 heavy (non-hydrogen) atoms. The van der Waals surface area contributed by atoms with E-state index in [0.29, 0.717) is 11.7 Å². The molecule has 0 radical (unpaired) electrons. The van der Waals surface area contributed by atoms with Crippen LogP contribution in [-0.4, -0.2) is 64.9 Å². The third-order valence-electron chi connectivity index (χ3n) is 4.00. The van der Waals surface area contributed by atoms with Gasteiger partial charge in [-0.15, -0.1) is 0 Å². The van der Waals surface area contributed by atoms with E-state index in [0.717, 1.165) is 26.2 Å². The van der Waals surface area contributed by atoms with Gasteiger partial charge in [-0.25, -0.2) is 4.68 Å². The van der Waals surface area contributed by atoms with Crippen LogP contribution in [0.25, 0.3) is 0 Å². The van der Waals surface area contributed by atoms with Crippen molar-refractivity contribution in [3.8, 4) is 0 Å². The molecule has 3 fully saturated rings. The van der Waals surface area contributed by atoms with E-state index in [1.54, 1.807) is 13.2 Å². The summed E-state index contributed by atoms with van der Waals surface area (Å²) in [7, 11) is 1.59. The Balaban J connectivity index is 1.67. The van der Waals surface area contributed by atoms with Crippen LogP contribution in [-0.2, 0) is 7.05 Å². The molecule has 3 saturated heterocycles. The molecule has 104 valence electrons. The Labute approximate surface area is 116 Å². The van der Waals surface area contributed by atoms with E-state index in [9.17, 15) is 4.79 Å². The molecule has 0 saturated carbocycles. The molecule has 0 aliphatic carbocycles. The van der Waals surface area contributed by atoms with Gasteiger partial charge in [0.15, 0.2) is 0 Å². The second kappa shape index (κ2) is 5.11. The molecule has 3 aliphatic heterocycles. The molecule has 6 nitrogen and oxygen atoms in total. The molecular formula is C12H18ClN5O. The van der Waals surface area contributed by atoms with Gasteiger partial charge in [0, 0.05) is 52.4 Å². The lowest BCUT2D eigenvalue weighted by Crippen LogP contribution is -2.62. The van der Waals surface area contributed by atoms with Crippen molar-refractivity contribution in [3.05, 3.63) is 21.6 Å². The SMILES string of the molecule is Cn1ncc(NCC2CN3CCN2CC3)c(Cl)c1=O. The zero-order valence-corrected chi connectivity index (χ0v) is 11.7. The van der Waals surface area contributed by atoms with E-state index in [1.165, 1.54) is 17.8 Å². The Bertz CT molecular complexity index is 523. The lowest BCUT2D eigenvalue weighted by Gasteiger charge is -2.47. The van der Waals surface area contributed by atoms with Gasteiger partial charge >= 0.3 is 0 Å². The monoisotopic (exact) mass is 283 g/mol. The second-order valence-corrected chi connectivity index (χ2v) is 5.55. The maximum Gasteiger partial charge on any atom is 0.287 e. The summed E-state index contributed by atoms with van der Waals surface area (Å²) in [5.41, 5.74) is 0.364. The average molecular weight is 284 g/mol. The third-order valence-corrected chi connectivity index (χ3v) is 4.36. The summed E-state index contributed by atoms with van der Waals surface area (Å²) in [6, 6.07) is 0.489. The molecule has 0 amide bonds. The minimum Gasteiger partial charge on any atom is -0.381 e. The van der Waals surface area contributed by atoms with Crippen LogP contribution in [0.5, 0.6) is 0 Å². The fourth-order valence-corrected chi connectivity index (χ4v) is 3.02. The molecule has 2 bridgehead atoms. The molecule has 1 unspecified atom stereocenters. The number of aromatic nitrogens is 2. The molecule has 4 rings (SSSR count). The van der Waals surface area contributed by atoms with Gasteiger partial charge in [-0.2, -0.15) is 5.10 Å². The van der Waals surface area contributed by atoms with E-state index >= 15 is 0 Å². The third kappa shape index (κ3) is 2.48. The summed E-state index contributed by atoms with van der Waals surface area (Å²) in [6.07, 6.45) is 1.61. The lowest BCUT2D eigenvalue weighted by molar-refractivity contribution is 0.0189. The number of halogens is 1. The number of fused-ring (bicyclic) bond motifs is 3. The van der Waals surface area contributed by atoms with Crippen LogP contribution in [0.2, 0.25) is 5.02 Å². The molecule has 1 N–H and O–H groups in total. The van der Waals surface area contributed by atoms with Crippen LogP contribution in [0.1, 0.15) is 0 Å². The number of hydrogen-bond acceptors (Lipinski definition) is 5. The molecular weight excluding hydrogens is 266 g/mol. The number of piperazine rings is 3. The Kier molecular flexibility index (Phi) is 3.47. The van der Waals surface area contributed by atoms with Gasteiger partial charge < -0.3 is 5.32 Å². The first-order valence-electron chi connectivity index (χ1n) is 6.57. The summed E-state index contributed by atoms with van der Waals surface area (Å²) in [5, 5.41) is 7.46. The number of aryl methyl sites for hydroxylation is 1. The Morgan fingerprint density at radius 3 is 2.79 bits per heavy atom. The smallest absolute Gasteiger partial charge is 0.287 e. The lowest BCUT2D eigenvalue weighted by atomic mass is 10.1. The minimum atomic E-state index is -0.263. The van der Waals surface area contributed by atoms with Gasteiger partial charge in [0.05, 0.1) is 11.9 Å². The van der Waals surface area contributed by atoms with Crippen molar-refractivity contribution in [2.24, 2.45) is 7.05 Å². The van der Waals surface area contributed by atoms with Crippen LogP contribution in [0.15, 0.2) is 11.0 Å². The maximum atomic E-state index is 11.7.